The first-order chi connectivity index (χ1) is 11.5. The van der Waals surface area contributed by atoms with Gasteiger partial charge in [-0.15, -0.1) is 0 Å². The van der Waals surface area contributed by atoms with E-state index >= 15 is 0 Å². The summed E-state index contributed by atoms with van der Waals surface area (Å²) in [6.45, 7) is 9.55. The molecule has 3 rings (SSSR count). The largest absolute Gasteiger partial charge is 0.508 e. The van der Waals surface area contributed by atoms with Gasteiger partial charge in [-0.2, -0.15) is 0 Å². The van der Waals surface area contributed by atoms with E-state index in [0.717, 1.165) is 13.1 Å². The summed E-state index contributed by atoms with van der Waals surface area (Å²) < 4.78 is 0. The molecule has 4 nitrogen and oxygen atoms in total. The minimum atomic E-state index is 0.0343. The quantitative estimate of drug-likeness (QED) is 0.922. The third-order valence-corrected chi connectivity index (χ3v) is 4.63. The van der Waals surface area contributed by atoms with E-state index in [0.29, 0.717) is 18.7 Å². The van der Waals surface area contributed by atoms with E-state index in [4.69, 9.17) is 0 Å². The number of anilines is 1. The Labute approximate surface area is 143 Å². The molecule has 1 heterocycles. The first-order valence-electron chi connectivity index (χ1n) is 8.37. The Balaban J connectivity index is 1.70. The van der Waals surface area contributed by atoms with Crippen molar-refractivity contribution in [3.8, 4) is 5.75 Å². The fraction of sp³-hybridized carbons (Fsp3) is 0.350. The highest BCUT2D eigenvalue weighted by molar-refractivity contribution is 5.94. The summed E-state index contributed by atoms with van der Waals surface area (Å²) in [5.41, 5.74) is 5.81. The van der Waals surface area contributed by atoms with Crippen molar-refractivity contribution in [3.63, 3.8) is 0 Å². The fourth-order valence-corrected chi connectivity index (χ4v) is 3.59. The molecule has 0 spiro atoms. The van der Waals surface area contributed by atoms with E-state index in [9.17, 15) is 9.90 Å². The Hall–Kier alpha value is -2.49. The van der Waals surface area contributed by atoms with Crippen LogP contribution in [0.5, 0.6) is 5.75 Å². The molecule has 0 aromatic heterocycles. The number of phenols is 1. The van der Waals surface area contributed by atoms with Crippen molar-refractivity contribution in [2.45, 2.75) is 20.8 Å². The van der Waals surface area contributed by atoms with E-state index in [1.807, 2.05) is 4.90 Å². The number of phenolic OH excluding ortho intramolecular Hbond substituents is 1. The molecular weight excluding hydrogens is 300 g/mol. The Bertz CT molecular complexity index is 722. The normalized spacial score (nSPS) is 14.8. The van der Waals surface area contributed by atoms with Gasteiger partial charge in [0.2, 0.25) is 0 Å². The van der Waals surface area contributed by atoms with Gasteiger partial charge in [0.1, 0.15) is 5.75 Å². The second-order valence-electron chi connectivity index (χ2n) is 6.57. The third kappa shape index (κ3) is 3.23. The van der Waals surface area contributed by atoms with Crippen LogP contribution in [0, 0.1) is 20.8 Å². The summed E-state index contributed by atoms with van der Waals surface area (Å²) in [5, 5.41) is 9.35. The molecule has 126 valence electrons. The zero-order chi connectivity index (χ0) is 17.3. The van der Waals surface area contributed by atoms with Gasteiger partial charge in [0.25, 0.3) is 5.91 Å². The molecule has 0 atom stereocenters. The minimum absolute atomic E-state index is 0.0343. The number of carbonyl (C=O) groups excluding carboxylic acids is 1. The van der Waals surface area contributed by atoms with Crippen molar-refractivity contribution in [2.75, 3.05) is 31.1 Å². The van der Waals surface area contributed by atoms with Crippen LogP contribution in [0.2, 0.25) is 0 Å². The molecule has 1 aliphatic heterocycles. The van der Waals surface area contributed by atoms with Crippen LogP contribution in [0.15, 0.2) is 36.4 Å². The summed E-state index contributed by atoms with van der Waals surface area (Å²) in [6.07, 6.45) is 0. The molecule has 1 N–H and O–H groups in total. The number of amides is 1. The van der Waals surface area contributed by atoms with Crippen LogP contribution in [-0.2, 0) is 0 Å². The number of aromatic hydroxyl groups is 1. The second kappa shape index (κ2) is 6.56. The van der Waals surface area contributed by atoms with Crippen molar-refractivity contribution >= 4 is 11.6 Å². The fourth-order valence-electron chi connectivity index (χ4n) is 3.59. The van der Waals surface area contributed by atoms with Crippen molar-refractivity contribution in [1.29, 1.82) is 0 Å². The van der Waals surface area contributed by atoms with Crippen LogP contribution in [0.4, 0.5) is 5.69 Å². The lowest BCUT2D eigenvalue weighted by atomic mass is 10.0. The Morgan fingerprint density at radius 3 is 2.00 bits per heavy atom. The molecule has 2 aromatic rings. The highest BCUT2D eigenvalue weighted by Gasteiger charge is 2.23. The lowest BCUT2D eigenvalue weighted by molar-refractivity contribution is 0.0747. The highest BCUT2D eigenvalue weighted by atomic mass is 16.3. The molecule has 2 aromatic carbocycles. The Morgan fingerprint density at radius 1 is 0.917 bits per heavy atom. The minimum Gasteiger partial charge on any atom is -0.508 e. The van der Waals surface area contributed by atoms with Gasteiger partial charge < -0.3 is 14.9 Å². The maximum atomic E-state index is 12.6. The van der Waals surface area contributed by atoms with Crippen LogP contribution in [-0.4, -0.2) is 42.1 Å². The first kappa shape index (κ1) is 16.4. The van der Waals surface area contributed by atoms with Gasteiger partial charge in [-0.25, -0.2) is 0 Å². The smallest absolute Gasteiger partial charge is 0.253 e. The zero-order valence-corrected chi connectivity index (χ0v) is 14.5. The number of benzene rings is 2. The SMILES string of the molecule is Cc1cc(C)c(N2CCN(C(=O)c3ccc(O)cc3)CC2)c(C)c1. The number of hydrogen-bond acceptors (Lipinski definition) is 3. The van der Waals surface area contributed by atoms with Gasteiger partial charge >= 0.3 is 0 Å². The van der Waals surface area contributed by atoms with Crippen molar-refractivity contribution < 1.29 is 9.90 Å². The summed E-state index contributed by atoms with van der Waals surface area (Å²) in [7, 11) is 0. The van der Waals surface area contributed by atoms with Gasteiger partial charge in [0.05, 0.1) is 0 Å². The molecule has 0 bridgehead atoms. The zero-order valence-electron chi connectivity index (χ0n) is 14.5. The van der Waals surface area contributed by atoms with Crippen LogP contribution < -0.4 is 4.90 Å². The molecule has 1 amide bonds. The molecule has 0 unspecified atom stereocenters. The summed E-state index contributed by atoms with van der Waals surface area (Å²) in [6, 6.07) is 10.9. The van der Waals surface area contributed by atoms with Crippen molar-refractivity contribution in [3.05, 3.63) is 58.7 Å². The van der Waals surface area contributed by atoms with E-state index in [-0.39, 0.29) is 11.7 Å². The van der Waals surface area contributed by atoms with E-state index in [2.05, 4.69) is 37.8 Å². The lowest BCUT2D eigenvalue weighted by Crippen LogP contribution is -2.49. The second-order valence-corrected chi connectivity index (χ2v) is 6.57. The molecule has 1 fully saturated rings. The topological polar surface area (TPSA) is 43.8 Å². The monoisotopic (exact) mass is 324 g/mol. The number of carbonyl (C=O) groups is 1. The van der Waals surface area contributed by atoms with Crippen LogP contribution in [0.3, 0.4) is 0 Å². The number of piperazine rings is 1. The average Bonchev–Trinajstić information content (AvgIpc) is 2.54. The number of nitrogens with zero attached hydrogens (tertiary/aromatic N) is 2. The first-order valence-corrected chi connectivity index (χ1v) is 8.37. The number of aryl methyl sites for hydroxylation is 3. The van der Waals surface area contributed by atoms with Gasteiger partial charge in [-0.05, 0) is 56.2 Å². The molecule has 0 aliphatic carbocycles. The van der Waals surface area contributed by atoms with Crippen LogP contribution >= 0.6 is 0 Å². The molecule has 1 aliphatic rings. The molecule has 4 heteroatoms. The number of hydrogen-bond donors (Lipinski definition) is 1. The lowest BCUT2D eigenvalue weighted by Gasteiger charge is -2.37. The Kier molecular flexibility index (Phi) is 4.47. The predicted molar refractivity (Wildman–Crippen MR) is 96.9 cm³/mol. The summed E-state index contributed by atoms with van der Waals surface area (Å²) >= 11 is 0. The van der Waals surface area contributed by atoms with E-state index in [1.54, 1.807) is 24.3 Å². The van der Waals surface area contributed by atoms with Crippen molar-refractivity contribution in [1.82, 2.24) is 4.90 Å². The molecule has 24 heavy (non-hydrogen) atoms. The molecule has 0 radical (unpaired) electrons. The summed E-state index contributed by atoms with van der Waals surface area (Å²) in [5.74, 6) is 0.216. The van der Waals surface area contributed by atoms with E-state index < -0.39 is 0 Å². The van der Waals surface area contributed by atoms with Gasteiger partial charge in [-0.1, -0.05) is 17.7 Å². The van der Waals surface area contributed by atoms with E-state index in [1.165, 1.54) is 22.4 Å². The molecule has 1 saturated heterocycles. The summed E-state index contributed by atoms with van der Waals surface area (Å²) in [4.78, 5) is 16.8. The standard InChI is InChI=1S/C20H24N2O2/c1-14-12-15(2)19(16(3)13-14)21-8-10-22(11-9-21)20(24)17-4-6-18(23)7-5-17/h4-7,12-13,23H,8-11H2,1-3H3. The van der Waals surface area contributed by atoms with Crippen LogP contribution in [0.1, 0.15) is 27.0 Å². The Morgan fingerprint density at radius 2 is 1.46 bits per heavy atom. The van der Waals surface area contributed by atoms with Gasteiger partial charge in [0.15, 0.2) is 0 Å². The van der Waals surface area contributed by atoms with Gasteiger partial charge in [0, 0.05) is 37.4 Å². The maximum absolute atomic E-state index is 12.6. The highest BCUT2D eigenvalue weighted by Crippen LogP contribution is 2.27. The van der Waals surface area contributed by atoms with Crippen LogP contribution in [0.25, 0.3) is 0 Å². The average molecular weight is 324 g/mol. The predicted octanol–water partition coefficient (Wildman–Crippen LogP) is 3.28. The van der Waals surface area contributed by atoms with Gasteiger partial charge in [-0.3, -0.25) is 4.79 Å². The molecule has 0 saturated carbocycles. The molecular formula is C20H24N2O2. The van der Waals surface area contributed by atoms with Crippen molar-refractivity contribution in [2.24, 2.45) is 0 Å². The third-order valence-electron chi connectivity index (χ3n) is 4.63. The number of rotatable bonds is 2. The maximum Gasteiger partial charge on any atom is 0.253 e.